The molecule has 0 fully saturated rings. The molecule has 1 atom stereocenters. The zero-order chi connectivity index (χ0) is 14.6. The number of nitrogens with one attached hydrogen (secondary N) is 2. The van der Waals surface area contributed by atoms with Gasteiger partial charge in [-0.1, -0.05) is 31.5 Å². The monoisotopic (exact) mass is 283 g/mol. The summed E-state index contributed by atoms with van der Waals surface area (Å²) < 4.78 is 0. The standard InChI is InChI=1S/C13H18ClN3O2/c1-7(2)11(17-13(15)19)12(18)16-9-5-4-8(3)10(14)6-9/h4-7,11H,1-3H3,(H,16,18)(H3,15,17,19)/t11-/m0/s1. The largest absolute Gasteiger partial charge is 0.352 e. The van der Waals surface area contributed by atoms with Crippen LogP contribution in [0.4, 0.5) is 10.5 Å². The number of carbonyl (C=O) groups excluding carboxylic acids is 2. The average Bonchev–Trinajstić information content (AvgIpc) is 2.30. The van der Waals surface area contributed by atoms with Crippen LogP contribution in [0.3, 0.4) is 0 Å². The first-order valence-corrected chi connectivity index (χ1v) is 6.32. The van der Waals surface area contributed by atoms with E-state index in [1.165, 1.54) is 0 Å². The normalized spacial score (nSPS) is 12.1. The number of nitrogens with two attached hydrogens (primary N) is 1. The lowest BCUT2D eigenvalue weighted by Crippen LogP contribution is -2.49. The Kier molecular flexibility index (Phi) is 5.18. The maximum absolute atomic E-state index is 12.1. The minimum atomic E-state index is -0.726. The number of benzene rings is 1. The van der Waals surface area contributed by atoms with Gasteiger partial charge >= 0.3 is 6.03 Å². The van der Waals surface area contributed by atoms with E-state index in [2.05, 4.69) is 10.6 Å². The third-order valence-corrected chi connectivity index (χ3v) is 3.09. The maximum Gasteiger partial charge on any atom is 0.312 e. The molecular weight excluding hydrogens is 266 g/mol. The zero-order valence-electron chi connectivity index (χ0n) is 11.2. The minimum absolute atomic E-state index is 0.0755. The second-order valence-corrected chi connectivity index (χ2v) is 5.09. The van der Waals surface area contributed by atoms with Crippen molar-refractivity contribution in [1.29, 1.82) is 0 Å². The van der Waals surface area contributed by atoms with Crippen LogP contribution >= 0.6 is 11.6 Å². The molecule has 0 aliphatic heterocycles. The van der Waals surface area contributed by atoms with Crippen molar-refractivity contribution in [2.75, 3.05) is 5.32 Å². The molecule has 0 aliphatic rings. The fourth-order valence-corrected chi connectivity index (χ4v) is 1.76. The molecule has 0 saturated heterocycles. The topological polar surface area (TPSA) is 84.2 Å². The van der Waals surface area contributed by atoms with Gasteiger partial charge in [0.25, 0.3) is 0 Å². The first-order chi connectivity index (χ1) is 8.81. The first kappa shape index (κ1) is 15.3. The number of anilines is 1. The number of carbonyl (C=O) groups is 2. The molecule has 0 unspecified atom stereocenters. The molecule has 1 aromatic rings. The van der Waals surface area contributed by atoms with Crippen LogP contribution in [0.1, 0.15) is 19.4 Å². The maximum atomic E-state index is 12.1. The Morgan fingerprint density at radius 2 is 1.95 bits per heavy atom. The lowest BCUT2D eigenvalue weighted by Gasteiger charge is -2.20. The molecule has 1 rings (SSSR count). The highest BCUT2D eigenvalue weighted by Crippen LogP contribution is 2.20. The molecular formula is C13H18ClN3O2. The fourth-order valence-electron chi connectivity index (χ4n) is 1.58. The molecule has 0 saturated carbocycles. The summed E-state index contributed by atoms with van der Waals surface area (Å²) in [6.07, 6.45) is 0. The van der Waals surface area contributed by atoms with Crippen LogP contribution in [-0.4, -0.2) is 18.0 Å². The van der Waals surface area contributed by atoms with Crippen molar-refractivity contribution >= 4 is 29.2 Å². The van der Waals surface area contributed by atoms with E-state index < -0.39 is 12.1 Å². The third kappa shape index (κ3) is 4.44. The van der Waals surface area contributed by atoms with E-state index in [0.717, 1.165) is 5.56 Å². The summed E-state index contributed by atoms with van der Waals surface area (Å²) in [7, 11) is 0. The molecule has 6 heteroatoms. The number of aryl methyl sites for hydroxylation is 1. The lowest BCUT2D eigenvalue weighted by atomic mass is 10.0. The van der Waals surface area contributed by atoms with Crippen LogP contribution in [0.2, 0.25) is 5.02 Å². The predicted molar refractivity (Wildman–Crippen MR) is 76.2 cm³/mol. The Morgan fingerprint density at radius 1 is 1.32 bits per heavy atom. The van der Waals surface area contributed by atoms with E-state index in [9.17, 15) is 9.59 Å². The summed E-state index contributed by atoms with van der Waals surface area (Å²) in [6.45, 7) is 5.52. The van der Waals surface area contributed by atoms with Crippen molar-refractivity contribution < 1.29 is 9.59 Å². The van der Waals surface area contributed by atoms with Crippen LogP contribution in [0.15, 0.2) is 18.2 Å². The van der Waals surface area contributed by atoms with Crippen LogP contribution in [0.5, 0.6) is 0 Å². The number of hydrogen-bond donors (Lipinski definition) is 3. The van der Waals surface area contributed by atoms with Crippen molar-refractivity contribution in [3.63, 3.8) is 0 Å². The van der Waals surface area contributed by atoms with Gasteiger partial charge in [-0.3, -0.25) is 4.79 Å². The molecule has 104 valence electrons. The Hall–Kier alpha value is -1.75. The number of hydrogen-bond acceptors (Lipinski definition) is 2. The summed E-state index contributed by atoms with van der Waals surface area (Å²) in [5, 5.41) is 5.69. The van der Waals surface area contributed by atoms with Gasteiger partial charge in [0.05, 0.1) is 0 Å². The molecule has 5 nitrogen and oxygen atoms in total. The Bertz CT molecular complexity index is 489. The average molecular weight is 284 g/mol. The number of urea groups is 1. The summed E-state index contributed by atoms with van der Waals surface area (Å²) in [4.78, 5) is 22.9. The zero-order valence-corrected chi connectivity index (χ0v) is 11.9. The van der Waals surface area contributed by atoms with Crippen LogP contribution in [-0.2, 0) is 4.79 Å². The summed E-state index contributed by atoms with van der Waals surface area (Å²) in [5.41, 5.74) is 6.56. The number of halogens is 1. The van der Waals surface area contributed by atoms with E-state index >= 15 is 0 Å². The van der Waals surface area contributed by atoms with Crippen molar-refractivity contribution in [1.82, 2.24) is 5.32 Å². The van der Waals surface area contributed by atoms with Crippen molar-refractivity contribution in [3.8, 4) is 0 Å². The molecule has 4 N–H and O–H groups in total. The molecule has 0 bridgehead atoms. The first-order valence-electron chi connectivity index (χ1n) is 5.94. The minimum Gasteiger partial charge on any atom is -0.352 e. The van der Waals surface area contributed by atoms with Gasteiger partial charge in [-0.15, -0.1) is 0 Å². The molecule has 0 aliphatic carbocycles. The highest BCUT2D eigenvalue weighted by Gasteiger charge is 2.23. The van der Waals surface area contributed by atoms with E-state index in [1.807, 2.05) is 26.8 Å². The predicted octanol–water partition coefficient (Wildman–Crippen LogP) is 2.28. The Balaban J connectivity index is 2.81. The third-order valence-electron chi connectivity index (χ3n) is 2.69. The van der Waals surface area contributed by atoms with Crippen molar-refractivity contribution in [3.05, 3.63) is 28.8 Å². The Morgan fingerprint density at radius 3 is 2.42 bits per heavy atom. The second-order valence-electron chi connectivity index (χ2n) is 4.68. The van der Waals surface area contributed by atoms with E-state index in [1.54, 1.807) is 12.1 Å². The van der Waals surface area contributed by atoms with Crippen molar-refractivity contribution in [2.24, 2.45) is 11.7 Å². The molecule has 0 heterocycles. The second kappa shape index (κ2) is 6.43. The molecule has 0 spiro atoms. The van der Waals surface area contributed by atoms with Gasteiger partial charge in [-0.25, -0.2) is 4.79 Å². The molecule has 0 aromatic heterocycles. The fraction of sp³-hybridized carbons (Fsp3) is 0.385. The smallest absolute Gasteiger partial charge is 0.312 e. The summed E-state index contributed by atoms with van der Waals surface area (Å²) >= 11 is 5.98. The number of primary amides is 1. The highest BCUT2D eigenvalue weighted by atomic mass is 35.5. The lowest BCUT2D eigenvalue weighted by molar-refractivity contribution is -0.118. The van der Waals surface area contributed by atoms with Gasteiger partial charge in [0.1, 0.15) is 6.04 Å². The van der Waals surface area contributed by atoms with E-state index in [4.69, 9.17) is 17.3 Å². The molecule has 1 aromatic carbocycles. The van der Waals surface area contributed by atoms with Gasteiger partial charge < -0.3 is 16.4 Å². The highest BCUT2D eigenvalue weighted by molar-refractivity contribution is 6.31. The number of rotatable bonds is 4. The van der Waals surface area contributed by atoms with Gasteiger partial charge in [0.15, 0.2) is 0 Å². The molecule has 3 amide bonds. The van der Waals surface area contributed by atoms with Crippen molar-refractivity contribution in [2.45, 2.75) is 26.8 Å². The van der Waals surface area contributed by atoms with Crippen LogP contribution < -0.4 is 16.4 Å². The SMILES string of the molecule is Cc1ccc(NC(=O)[C@@H](NC(N)=O)C(C)C)cc1Cl. The van der Waals surface area contributed by atoms with Gasteiger partial charge in [0.2, 0.25) is 5.91 Å². The van der Waals surface area contributed by atoms with Crippen LogP contribution in [0, 0.1) is 12.8 Å². The van der Waals surface area contributed by atoms with E-state index in [0.29, 0.717) is 10.7 Å². The quantitative estimate of drug-likeness (QED) is 0.792. The Labute approximate surface area is 117 Å². The number of amides is 3. The summed E-state index contributed by atoms with van der Waals surface area (Å²) in [5.74, 6) is -0.401. The summed E-state index contributed by atoms with van der Waals surface area (Å²) in [6, 6.07) is 3.81. The molecule has 0 radical (unpaired) electrons. The van der Waals surface area contributed by atoms with Gasteiger partial charge in [-0.2, -0.15) is 0 Å². The van der Waals surface area contributed by atoms with E-state index in [-0.39, 0.29) is 11.8 Å². The molecule has 19 heavy (non-hydrogen) atoms. The van der Waals surface area contributed by atoms with Gasteiger partial charge in [0, 0.05) is 10.7 Å². The van der Waals surface area contributed by atoms with Gasteiger partial charge in [-0.05, 0) is 30.5 Å². The van der Waals surface area contributed by atoms with Crippen LogP contribution in [0.25, 0.3) is 0 Å².